The van der Waals surface area contributed by atoms with Crippen LogP contribution in [0, 0.1) is 16.7 Å². The smallest absolute Gasteiger partial charge is 0.122 e. The first kappa shape index (κ1) is 14.2. The fraction of sp³-hybridized carbons (Fsp3) is 0.389. The number of ether oxygens (including phenoxy) is 1. The first-order valence-corrected chi connectivity index (χ1v) is 7.93. The summed E-state index contributed by atoms with van der Waals surface area (Å²) in [6.07, 6.45) is 3.63. The number of hydrogen-bond donors (Lipinski definition) is 3. The Labute approximate surface area is 135 Å². The Hall–Kier alpha value is -2.43. The molecule has 2 aromatic rings. The second-order valence-electron chi connectivity index (χ2n) is 6.63. The zero-order chi connectivity index (χ0) is 16.1. The van der Waals surface area contributed by atoms with E-state index in [1.165, 1.54) is 11.3 Å². The number of imidazole rings is 1. The van der Waals surface area contributed by atoms with Gasteiger partial charge in [-0.25, -0.2) is 4.98 Å². The zero-order valence-electron chi connectivity index (χ0n) is 13.3. The summed E-state index contributed by atoms with van der Waals surface area (Å²) in [5, 5.41) is 16.0. The number of nitrogens with one attached hydrogen (secondary N) is 3. The number of fused-ring (bicyclic) bond motifs is 3. The maximum Gasteiger partial charge on any atom is 0.122 e. The van der Waals surface area contributed by atoms with Crippen LogP contribution in [0.4, 0.5) is 0 Å². The van der Waals surface area contributed by atoms with E-state index in [-0.39, 0.29) is 5.92 Å². The van der Waals surface area contributed by atoms with Crippen molar-refractivity contribution in [3.63, 3.8) is 0 Å². The molecule has 1 fully saturated rings. The molecule has 5 nitrogen and oxygen atoms in total. The lowest BCUT2D eigenvalue weighted by molar-refractivity contribution is 0.277. The van der Waals surface area contributed by atoms with Gasteiger partial charge in [-0.15, -0.1) is 0 Å². The van der Waals surface area contributed by atoms with Crippen molar-refractivity contribution in [1.82, 2.24) is 9.97 Å². The predicted molar refractivity (Wildman–Crippen MR) is 89.0 cm³/mol. The molecule has 1 aromatic heterocycles. The summed E-state index contributed by atoms with van der Waals surface area (Å²) in [5.41, 5.74) is 4.41. The van der Waals surface area contributed by atoms with Crippen molar-refractivity contribution >= 4 is 11.4 Å². The molecule has 0 radical (unpaired) electrons. The molecule has 0 bridgehead atoms. The maximum absolute atomic E-state index is 7.99. The molecule has 2 aliphatic rings. The molecule has 0 amide bonds. The topological polar surface area (TPSA) is 85.6 Å². The Morgan fingerprint density at radius 3 is 2.70 bits per heavy atom. The summed E-state index contributed by atoms with van der Waals surface area (Å²) in [6.45, 7) is 4.29. The van der Waals surface area contributed by atoms with E-state index >= 15 is 0 Å². The molecule has 1 aliphatic heterocycles. The predicted octanol–water partition coefficient (Wildman–Crippen LogP) is 3.46. The number of H-pyrrole nitrogens is 1. The molecule has 3 atom stereocenters. The number of nitrogens with zero attached hydrogens (tertiary/aromatic N) is 1. The Bertz CT molecular complexity index is 766. The van der Waals surface area contributed by atoms with Gasteiger partial charge in [0.1, 0.15) is 5.75 Å². The van der Waals surface area contributed by atoms with Crippen molar-refractivity contribution in [3.8, 4) is 5.75 Å². The van der Waals surface area contributed by atoms with Crippen molar-refractivity contribution < 1.29 is 4.74 Å². The molecule has 2 heterocycles. The third kappa shape index (κ3) is 2.19. The minimum Gasteiger partial charge on any atom is -0.493 e. The van der Waals surface area contributed by atoms with Crippen molar-refractivity contribution in [2.45, 2.75) is 31.6 Å². The van der Waals surface area contributed by atoms with Crippen LogP contribution >= 0.6 is 0 Å². The summed E-state index contributed by atoms with van der Waals surface area (Å²) >= 11 is 0. The highest BCUT2D eigenvalue weighted by Gasteiger charge is 2.56. The number of aromatic nitrogens is 2. The summed E-state index contributed by atoms with van der Waals surface area (Å²) in [5.74, 6) is 2.11. The Morgan fingerprint density at radius 2 is 2.04 bits per heavy atom. The summed E-state index contributed by atoms with van der Waals surface area (Å²) in [7, 11) is 0. The standard InChI is InChI=1S/C18H20N4O/c1-9(19)16(10(2)20)11-3-4-15-12(5-11)17-13(7-23-15)18(17)14-6-21-8-22-14/h3-6,8,13,16-20H,7H2,1-2H3,(H,21,22). The van der Waals surface area contributed by atoms with Gasteiger partial charge in [-0.05, 0) is 31.0 Å². The molecule has 1 saturated carbocycles. The second kappa shape index (κ2) is 5.05. The van der Waals surface area contributed by atoms with Crippen molar-refractivity contribution in [2.75, 3.05) is 6.61 Å². The molecule has 5 heteroatoms. The number of benzene rings is 1. The van der Waals surface area contributed by atoms with Gasteiger partial charge in [0.2, 0.25) is 0 Å². The van der Waals surface area contributed by atoms with Crippen LogP contribution < -0.4 is 4.74 Å². The lowest BCUT2D eigenvalue weighted by Crippen LogP contribution is -2.17. The fourth-order valence-corrected chi connectivity index (χ4v) is 4.03. The van der Waals surface area contributed by atoms with Gasteiger partial charge in [-0.2, -0.15) is 0 Å². The van der Waals surface area contributed by atoms with Crippen LogP contribution in [0.5, 0.6) is 5.75 Å². The van der Waals surface area contributed by atoms with Crippen LogP contribution in [0.1, 0.15) is 48.4 Å². The van der Waals surface area contributed by atoms with Crippen LogP contribution in [0.3, 0.4) is 0 Å². The molecular weight excluding hydrogens is 288 g/mol. The quantitative estimate of drug-likeness (QED) is 0.755. The third-order valence-corrected chi connectivity index (χ3v) is 5.07. The van der Waals surface area contributed by atoms with Crippen LogP contribution in [0.15, 0.2) is 30.7 Å². The van der Waals surface area contributed by atoms with Gasteiger partial charge >= 0.3 is 0 Å². The lowest BCUT2D eigenvalue weighted by Gasteiger charge is -2.20. The monoisotopic (exact) mass is 308 g/mol. The van der Waals surface area contributed by atoms with Gasteiger partial charge < -0.3 is 20.5 Å². The Morgan fingerprint density at radius 1 is 1.26 bits per heavy atom. The molecule has 3 N–H and O–H groups in total. The molecule has 1 aliphatic carbocycles. The van der Waals surface area contributed by atoms with Gasteiger partial charge in [-0.1, -0.05) is 12.1 Å². The van der Waals surface area contributed by atoms with Gasteiger partial charge in [0.15, 0.2) is 0 Å². The van der Waals surface area contributed by atoms with Crippen molar-refractivity contribution in [1.29, 1.82) is 10.8 Å². The van der Waals surface area contributed by atoms with E-state index in [2.05, 4.69) is 16.0 Å². The first-order valence-electron chi connectivity index (χ1n) is 7.93. The van der Waals surface area contributed by atoms with Crippen molar-refractivity contribution in [3.05, 3.63) is 47.5 Å². The zero-order valence-corrected chi connectivity index (χ0v) is 13.3. The fourth-order valence-electron chi connectivity index (χ4n) is 4.03. The van der Waals surface area contributed by atoms with Gasteiger partial charge in [0, 0.05) is 41.1 Å². The van der Waals surface area contributed by atoms with Crippen LogP contribution in [0.2, 0.25) is 0 Å². The normalized spacial score (nSPS) is 25.7. The minimum atomic E-state index is -0.231. The molecule has 1 aromatic carbocycles. The first-order chi connectivity index (χ1) is 11.1. The third-order valence-electron chi connectivity index (χ3n) is 5.07. The van der Waals surface area contributed by atoms with E-state index in [4.69, 9.17) is 15.6 Å². The van der Waals surface area contributed by atoms with E-state index in [1.54, 1.807) is 20.2 Å². The van der Waals surface area contributed by atoms with Crippen LogP contribution in [-0.2, 0) is 0 Å². The second-order valence-corrected chi connectivity index (χ2v) is 6.63. The molecule has 0 spiro atoms. The number of aromatic amines is 1. The molecule has 23 heavy (non-hydrogen) atoms. The minimum absolute atomic E-state index is 0.231. The average Bonchev–Trinajstić information content (AvgIpc) is 2.99. The number of rotatable bonds is 4. The molecule has 3 unspecified atom stereocenters. The Balaban J connectivity index is 1.72. The van der Waals surface area contributed by atoms with E-state index in [1.807, 2.05) is 18.3 Å². The van der Waals surface area contributed by atoms with E-state index < -0.39 is 0 Å². The molecular formula is C18H20N4O. The van der Waals surface area contributed by atoms with Crippen LogP contribution in [-0.4, -0.2) is 28.0 Å². The highest BCUT2D eigenvalue weighted by atomic mass is 16.5. The van der Waals surface area contributed by atoms with Crippen LogP contribution in [0.25, 0.3) is 0 Å². The van der Waals surface area contributed by atoms with Gasteiger partial charge in [-0.3, -0.25) is 0 Å². The molecule has 4 rings (SSSR count). The summed E-state index contributed by atoms with van der Waals surface area (Å²) in [4.78, 5) is 7.36. The highest BCUT2D eigenvalue weighted by molar-refractivity contribution is 6.08. The van der Waals surface area contributed by atoms with Crippen molar-refractivity contribution in [2.24, 2.45) is 5.92 Å². The van der Waals surface area contributed by atoms with E-state index in [0.29, 0.717) is 29.2 Å². The van der Waals surface area contributed by atoms with E-state index in [0.717, 1.165) is 17.9 Å². The maximum atomic E-state index is 7.99. The summed E-state index contributed by atoms with van der Waals surface area (Å²) in [6, 6.07) is 6.14. The molecule has 118 valence electrons. The Kier molecular flexibility index (Phi) is 3.11. The number of hydrogen-bond acceptors (Lipinski definition) is 4. The van der Waals surface area contributed by atoms with E-state index in [9.17, 15) is 0 Å². The lowest BCUT2D eigenvalue weighted by atomic mass is 9.88. The SMILES string of the molecule is CC(=N)C(C(C)=N)c1ccc2c(c1)C1C(CO2)C1c1cnc[nH]1. The van der Waals surface area contributed by atoms with Gasteiger partial charge in [0.25, 0.3) is 0 Å². The molecule has 0 saturated heterocycles. The van der Waals surface area contributed by atoms with Gasteiger partial charge in [0.05, 0.1) is 18.9 Å². The largest absolute Gasteiger partial charge is 0.493 e. The highest BCUT2D eigenvalue weighted by Crippen LogP contribution is 2.64. The summed E-state index contributed by atoms with van der Waals surface area (Å²) < 4.78 is 5.92. The average molecular weight is 308 g/mol.